The fourth-order valence-electron chi connectivity index (χ4n) is 3.57. The zero-order valence-electron chi connectivity index (χ0n) is 18.9. The van der Waals surface area contributed by atoms with Crippen molar-refractivity contribution >= 4 is 51.2 Å². The van der Waals surface area contributed by atoms with Gasteiger partial charge in [-0.05, 0) is 60.3 Å². The predicted molar refractivity (Wildman–Crippen MR) is 135 cm³/mol. The first-order valence-electron chi connectivity index (χ1n) is 10.5. The summed E-state index contributed by atoms with van der Waals surface area (Å²) in [5.74, 6) is -1.15. The molecule has 0 heterocycles. The third kappa shape index (κ3) is 4.92. The number of nitrogens with two attached hydrogens (primary N) is 1. The van der Waals surface area contributed by atoms with Gasteiger partial charge in [-0.15, -0.1) is 10.2 Å². The van der Waals surface area contributed by atoms with Gasteiger partial charge in [-0.1, -0.05) is 35.9 Å². The number of carbonyl (C=O) groups is 2. The van der Waals surface area contributed by atoms with Crippen LogP contribution in [0, 0.1) is 6.92 Å². The number of nitrogens with zero attached hydrogens (tertiary/aromatic N) is 2. The van der Waals surface area contributed by atoms with Crippen LogP contribution in [0.1, 0.15) is 26.3 Å². The van der Waals surface area contributed by atoms with Gasteiger partial charge in [-0.2, -0.15) is 0 Å². The summed E-state index contributed by atoms with van der Waals surface area (Å²) in [6.07, 6.45) is 0. The highest BCUT2D eigenvalue weighted by Crippen LogP contribution is 2.40. The number of hydrogen-bond donors (Lipinski definition) is 3. The van der Waals surface area contributed by atoms with E-state index in [1.54, 1.807) is 48.5 Å². The minimum Gasteiger partial charge on any atom is -0.505 e. The van der Waals surface area contributed by atoms with Crippen molar-refractivity contribution in [1.29, 1.82) is 0 Å². The Hall–Kier alpha value is -4.43. The van der Waals surface area contributed by atoms with Gasteiger partial charge in [-0.25, -0.2) is 0 Å². The standard InChI is InChI=1S/C26H21ClN4O4/c1-14-11-17(27)8-9-20(14)29-26(34)19-12-15-5-3-4-6-18(15)23(24(19)32)31-30-21-13-16(25(28)33)7-10-22(21)35-2/h3-13,32H,1-2H3,(H2,28,33)(H,29,34)/b31-30+. The van der Waals surface area contributed by atoms with Gasteiger partial charge in [-0.3, -0.25) is 9.59 Å². The molecule has 0 bridgehead atoms. The highest BCUT2D eigenvalue weighted by molar-refractivity contribution is 6.30. The smallest absolute Gasteiger partial charge is 0.259 e. The maximum atomic E-state index is 13.1. The lowest BCUT2D eigenvalue weighted by molar-refractivity contribution is 0.0997. The maximum Gasteiger partial charge on any atom is 0.259 e. The summed E-state index contributed by atoms with van der Waals surface area (Å²) in [6.45, 7) is 1.81. The summed E-state index contributed by atoms with van der Waals surface area (Å²) >= 11 is 6.01. The summed E-state index contributed by atoms with van der Waals surface area (Å²) < 4.78 is 5.29. The molecule has 0 aliphatic carbocycles. The molecule has 0 saturated heterocycles. The van der Waals surface area contributed by atoms with E-state index in [4.69, 9.17) is 22.1 Å². The molecule has 4 aromatic carbocycles. The second kappa shape index (κ2) is 9.82. The van der Waals surface area contributed by atoms with E-state index in [-0.39, 0.29) is 28.3 Å². The highest BCUT2D eigenvalue weighted by atomic mass is 35.5. The van der Waals surface area contributed by atoms with E-state index >= 15 is 0 Å². The zero-order chi connectivity index (χ0) is 25.1. The van der Waals surface area contributed by atoms with Crippen molar-refractivity contribution in [2.75, 3.05) is 12.4 Å². The Morgan fingerprint density at radius 2 is 1.80 bits per heavy atom. The van der Waals surface area contributed by atoms with Crippen molar-refractivity contribution in [2.45, 2.75) is 6.92 Å². The number of benzene rings is 4. The first kappa shape index (κ1) is 23.7. The van der Waals surface area contributed by atoms with Gasteiger partial charge >= 0.3 is 0 Å². The van der Waals surface area contributed by atoms with E-state index < -0.39 is 11.8 Å². The summed E-state index contributed by atoms with van der Waals surface area (Å²) in [5.41, 5.74) is 7.27. The van der Waals surface area contributed by atoms with E-state index in [0.29, 0.717) is 27.2 Å². The number of halogens is 1. The van der Waals surface area contributed by atoms with Gasteiger partial charge in [0.05, 0.1) is 12.7 Å². The largest absolute Gasteiger partial charge is 0.505 e. The number of primary amides is 1. The first-order valence-corrected chi connectivity index (χ1v) is 10.9. The van der Waals surface area contributed by atoms with Crippen molar-refractivity contribution in [3.63, 3.8) is 0 Å². The first-order chi connectivity index (χ1) is 16.8. The number of hydrogen-bond acceptors (Lipinski definition) is 6. The quantitative estimate of drug-likeness (QED) is 0.276. The van der Waals surface area contributed by atoms with Crippen molar-refractivity contribution in [1.82, 2.24) is 0 Å². The molecule has 176 valence electrons. The molecular formula is C26H21ClN4O4. The van der Waals surface area contributed by atoms with Gasteiger partial charge < -0.3 is 20.9 Å². The van der Waals surface area contributed by atoms with Crippen molar-refractivity contribution in [2.24, 2.45) is 16.0 Å². The number of methoxy groups -OCH3 is 1. The van der Waals surface area contributed by atoms with E-state index in [0.717, 1.165) is 5.56 Å². The van der Waals surface area contributed by atoms with Crippen LogP contribution in [0.4, 0.5) is 17.1 Å². The number of anilines is 1. The van der Waals surface area contributed by atoms with Crippen molar-refractivity contribution in [3.8, 4) is 11.5 Å². The number of rotatable bonds is 6. The third-order valence-corrected chi connectivity index (χ3v) is 5.63. The molecule has 0 aromatic heterocycles. The molecular weight excluding hydrogens is 468 g/mol. The van der Waals surface area contributed by atoms with Gasteiger partial charge in [0.15, 0.2) is 5.75 Å². The lowest BCUT2D eigenvalue weighted by atomic mass is 10.0. The Morgan fingerprint density at radius 1 is 1.03 bits per heavy atom. The van der Waals surface area contributed by atoms with Crippen LogP contribution >= 0.6 is 11.6 Å². The van der Waals surface area contributed by atoms with Gasteiger partial charge in [0.1, 0.15) is 17.1 Å². The number of aromatic hydroxyl groups is 1. The summed E-state index contributed by atoms with van der Waals surface area (Å²) in [7, 11) is 1.45. The second-order valence-electron chi connectivity index (χ2n) is 7.71. The van der Waals surface area contributed by atoms with E-state index in [2.05, 4.69) is 15.5 Å². The average molecular weight is 489 g/mol. The lowest BCUT2D eigenvalue weighted by Crippen LogP contribution is -2.13. The highest BCUT2D eigenvalue weighted by Gasteiger charge is 2.19. The van der Waals surface area contributed by atoms with Crippen LogP contribution < -0.4 is 15.8 Å². The van der Waals surface area contributed by atoms with E-state index in [1.807, 2.05) is 13.0 Å². The summed E-state index contributed by atoms with van der Waals surface area (Å²) in [4.78, 5) is 24.7. The van der Waals surface area contributed by atoms with Crippen LogP contribution in [0.15, 0.2) is 77.0 Å². The Kier molecular flexibility index (Phi) is 6.66. The molecule has 4 aromatic rings. The number of nitrogens with one attached hydrogen (secondary N) is 1. The summed E-state index contributed by atoms with van der Waals surface area (Å²) in [6, 6.07) is 18.3. The monoisotopic (exact) mass is 488 g/mol. The number of phenolic OH excluding ortho intramolecular Hbond substituents is 1. The molecule has 9 heteroatoms. The molecule has 8 nitrogen and oxygen atoms in total. The van der Waals surface area contributed by atoms with Crippen LogP contribution in [-0.4, -0.2) is 24.0 Å². The molecule has 0 spiro atoms. The Morgan fingerprint density at radius 3 is 2.51 bits per heavy atom. The zero-order valence-corrected chi connectivity index (χ0v) is 19.6. The Balaban J connectivity index is 1.80. The normalized spacial score (nSPS) is 11.1. The van der Waals surface area contributed by atoms with Gasteiger partial charge in [0.25, 0.3) is 5.91 Å². The van der Waals surface area contributed by atoms with Crippen LogP contribution in [0.25, 0.3) is 10.8 Å². The SMILES string of the molecule is COc1ccc(C(N)=O)cc1/N=N/c1c(O)c(C(=O)Nc2ccc(Cl)cc2C)cc2ccccc12. The molecule has 4 N–H and O–H groups in total. The third-order valence-electron chi connectivity index (χ3n) is 5.40. The molecule has 0 fully saturated rings. The molecule has 2 amide bonds. The minimum atomic E-state index is -0.631. The number of azo groups is 1. The van der Waals surface area contributed by atoms with Gasteiger partial charge in [0.2, 0.25) is 5.91 Å². The number of aryl methyl sites for hydroxylation is 1. The fourth-order valence-corrected chi connectivity index (χ4v) is 3.80. The number of fused-ring (bicyclic) bond motifs is 1. The molecule has 0 unspecified atom stereocenters. The molecule has 0 radical (unpaired) electrons. The fraction of sp³-hybridized carbons (Fsp3) is 0.0769. The van der Waals surface area contributed by atoms with Crippen LogP contribution in [0.3, 0.4) is 0 Å². The van der Waals surface area contributed by atoms with E-state index in [9.17, 15) is 14.7 Å². The number of carbonyl (C=O) groups excluding carboxylic acids is 2. The van der Waals surface area contributed by atoms with Crippen LogP contribution in [0.5, 0.6) is 11.5 Å². The van der Waals surface area contributed by atoms with Crippen LogP contribution in [0.2, 0.25) is 5.02 Å². The molecule has 0 aliphatic heterocycles. The van der Waals surface area contributed by atoms with Crippen LogP contribution in [-0.2, 0) is 0 Å². The number of ether oxygens (including phenoxy) is 1. The molecule has 35 heavy (non-hydrogen) atoms. The second-order valence-corrected chi connectivity index (χ2v) is 8.14. The Bertz CT molecular complexity index is 1500. The summed E-state index contributed by atoms with van der Waals surface area (Å²) in [5, 5.41) is 24.1. The number of amides is 2. The maximum absolute atomic E-state index is 13.1. The molecule has 0 atom stereocenters. The number of phenols is 1. The minimum absolute atomic E-state index is 0.0184. The Labute approximate surface area is 206 Å². The van der Waals surface area contributed by atoms with E-state index in [1.165, 1.54) is 19.2 Å². The topological polar surface area (TPSA) is 126 Å². The molecule has 0 saturated carbocycles. The van der Waals surface area contributed by atoms with Crippen molar-refractivity contribution in [3.05, 3.63) is 88.4 Å². The molecule has 4 rings (SSSR count). The van der Waals surface area contributed by atoms with Crippen molar-refractivity contribution < 1.29 is 19.4 Å². The molecule has 0 aliphatic rings. The lowest BCUT2D eigenvalue weighted by Gasteiger charge is -2.13. The predicted octanol–water partition coefficient (Wildman–Crippen LogP) is 6.28. The average Bonchev–Trinajstić information content (AvgIpc) is 2.84. The van der Waals surface area contributed by atoms with Gasteiger partial charge in [0, 0.05) is 21.7 Å².